The fourth-order valence-corrected chi connectivity index (χ4v) is 1.43. The van der Waals surface area contributed by atoms with E-state index in [4.69, 9.17) is 11.6 Å². The molecule has 0 amide bonds. The van der Waals surface area contributed by atoms with Crippen LogP contribution in [0.5, 0.6) is 0 Å². The Morgan fingerprint density at radius 3 is 2.79 bits per heavy atom. The Bertz CT molecular complexity index is 290. The fraction of sp³-hybridized carbons (Fsp3) is 0.455. The van der Waals surface area contributed by atoms with Gasteiger partial charge in [0.1, 0.15) is 5.82 Å². The van der Waals surface area contributed by atoms with Gasteiger partial charge in [-0.3, -0.25) is 0 Å². The zero-order chi connectivity index (χ0) is 10.6. The molecule has 0 N–H and O–H groups in total. The third-order valence-electron chi connectivity index (χ3n) is 2.10. The lowest BCUT2D eigenvalue weighted by Gasteiger charge is -2.22. The summed E-state index contributed by atoms with van der Waals surface area (Å²) in [6.45, 7) is 2.91. The van der Waals surface area contributed by atoms with E-state index in [0.717, 1.165) is 12.2 Å². The van der Waals surface area contributed by atoms with Gasteiger partial charge in [-0.25, -0.2) is 4.39 Å². The van der Waals surface area contributed by atoms with Crippen molar-refractivity contribution in [3.8, 4) is 0 Å². The van der Waals surface area contributed by atoms with Crippen LogP contribution in [0.25, 0.3) is 0 Å². The molecule has 0 aliphatic heterocycles. The first-order valence-corrected chi connectivity index (χ1v) is 5.19. The Balaban J connectivity index is 2.64. The molecule has 0 heterocycles. The SMILES string of the molecule is CC(CCl)CN(C)c1cccc(F)c1. The summed E-state index contributed by atoms with van der Waals surface area (Å²) in [4.78, 5) is 2.01. The molecule has 0 radical (unpaired) electrons. The van der Waals surface area contributed by atoms with Crippen molar-refractivity contribution < 1.29 is 4.39 Å². The Morgan fingerprint density at radius 2 is 2.21 bits per heavy atom. The summed E-state index contributed by atoms with van der Waals surface area (Å²) in [6.07, 6.45) is 0. The van der Waals surface area contributed by atoms with Gasteiger partial charge in [-0.1, -0.05) is 13.0 Å². The van der Waals surface area contributed by atoms with Crippen LogP contribution in [0.4, 0.5) is 10.1 Å². The van der Waals surface area contributed by atoms with Crippen LogP contribution in [0.3, 0.4) is 0 Å². The second-order valence-corrected chi connectivity index (χ2v) is 3.93. The highest BCUT2D eigenvalue weighted by Gasteiger charge is 2.06. The van der Waals surface area contributed by atoms with Gasteiger partial charge in [0.15, 0.2) is 0 Å². The van der Waals surface area contributed by atoms with Gasteiger partial charge in [0, 0.05) is 25.2 Å². The second-order valence-electron chi connectivity index (χ2n) is 3.62. The molecule has 3 heteroatoms. The number of rotatable bonds is 4. The summed E-state index contributed by atoms with van der Waals surface area (Å²) in [5.41, 5.74) is 0.891. The number of anilines is 1. The highest BCUT2D eigenvalue weighted by atomic mass is 35.5. The highest BCUT2D eigenvalue weighted by Crippen LogP contribution is 2.15. The van der Waals surface area contributed by atoms with E-state index in [1.54, 1.807) is 6.07 Å². The molecule has 0 aliphatic carbocycles. The van der Waals surface area contributed by atoms with Gasteiger partial charge in [0.25, 0.3) is 0 Å². The number of benzene rings is 1. The summed E-state index contributed by atoms with van der Waals surface area (Å²) >= 11 is 5.71. The third kappa shape index (κ3) is 3.18. The minimum atomic E-state index is -0.201. The van der Waals surface area contributed by atoms with Crippen LogP contribution in [-0.2, 0) is 0 Å². The average Bonchev–Trinajstić information content (AvgIpc) is 2.17. The van der Waals surface area contributed by atoms with Crippen LogP contribution in [0.15, 0.2) is 24.3 Å². The normalized spacial score (nSPS) is 12.6. The molecular weight excluding hydrogens is 201 g/mol. The van der Waals surface area contributed by atoms with Crippen molar-refractivity contribution in [2.24, 2.45) is 5.92 Å². The van der Waals surface area contributed by atoms with Crippen LogP contribution in [-0.4, -0.2) is 19.5 Å². The molecule has 1 nitrogen and oxygen atoms in total. The van der Waals surface area contributed by atoms with Gasteiger partial charge < -0.3 is 4.90 Å². The fourth-order valence-electron chi connectivity index (χ4n) is 1.34. The molecule has 78 valence electrons. The average molecular weight is 216 g/mol. The number of alkyl halides is 1. The van der Waals surface area contributed by atoms with Crippen molar-refractivity contribution in [2.45, 2.75) is 6.92 Å². The summed E-state index contributed by atoms with van der Waals surface area (Å²) in [5.74, 6) is 0.831. The lowest BCUT2D eigenvalue weighted by atomic mass is 10.2. The van der Waals surface area contributed by atoms with Crippen LogP contribution in [0, 0.1) is 11.7 Å². The van der Waals surface area contributed by atoms with Gasteiger partial charge in [-0.05, 0) is 24.1 Å². The third-order valence-corrected chi connectivity index (χ3v) is 2.62. The molecule has 1 unspecified atom stereocenters. The molecule has 0 fully saturated rings. The monoisotopic (exact) mass is 215 g/mol. The van der Waals surface area contributed by atoms with E-state index in [-0.39, 0.29) is 5.82 Å². The first kappa shape index (κ1) is 11.3. The Hall–Kier alpha value is -0.760. The van der Waals surface area contributed by atoms with E-state index in [1.165, 1.54) is 12.1 Å². The van der Waals surface area contributed by atoms with E-state index < -0.39 is 0 Å². The van der Waals surface area contributed by atoms with Crippen molar-refractivity contribution in [1.82, 2.24) is 0 Å². The molecule has 1 rings (SSSR count). The van der Waals surface area contributed by atoms with Crippen molar-refractivity contribution in [3.63, 3.8) is 0 Å². The lowest BCUT2D eigenvalue weighted by Crippen LogP contribution is -2.24. The quantitative estimate of drug-likeness (QED) is 0.698. The lowest BCUT2D eigenvalue weighted by molar-refractivity contribution is 0.621. The number of nitrogens with zero attached hydrogens (tertiary/aromatic N) is 1. The molecule has 1 aromatic rings. The van der Waals surface area contributed by atoms with Crippen molar-refractivity contribution in [2.75, 3.05) is 24.4 Å². The van der Waals surface area contributed by atoms with E-state index in [9.17, 15) is 4.39 Å². The van der Waals surface area contributed by atoms with E-state index in [2.05, 4.69) is 6.92 Å². The maximum atomic E-state index is 12.9. The van der Waals surface area contributed by atoms with Gasteiger partial charge in [0.2, 0.25) is 0 Å². The maximum Gasteiger partial charge on any atom is 0.125 e. The minimum absolute atomic E-state index is 0.201. The van der Waals surface area contributed by atoms with Crippen LogP contribution in [0.1, 0.15) is 6.92 Å². The second kappa shape index (κ2) is 5.20. The first-order chi connectivity index (χ1) is 6.63. The molecule has 0 aliphatic rings. The number of hydrogen-bond acceptors (Lipinski definition) is 1. The molecule has 0 bridgehead atoms. The van der Waals surface area contributed by atoms with Gasteiger partial charge in [-0.2, -0.15) is 0 Å². The predicted octanol–water partition coefficient (Wildman–Crippen LogP) is 3.14. The van der Waals surface area contributed by atoms with Crippen molar-refractivity contribution in [3.05, 3.63) is 30.1 Å². The summed E-state index contributed by atoms with van der Waals surface area (Å²) in [5, 5.41) is 0. The van der Waals surface area contributed by atoms with E-state index >= 15 is 0 Å². The molecule has 0 saturated carbocycles. The van der Waals surface area contributed by atoms with Crippen LogP contribution in [0.2, 0.25) is 0 Å². The largest absolute Gasteiger partial charge is 0.374 e. The minimum Gasteiger partial charge on any atom is -0.374 e. The molecule has 0 spiro atoms. The summed E-state index contributed by atoms with van der Waals surface area (Å²) in [7, 11) is 1.94. The molecule has 0 aromatic heterocycles. The predicted molar refractivity (Wildman–Crippen MR) is 59.6 cm³/mol. The Kier molecular flexibility index (Phi) is 4.21. The maximum absolute atomic E-state index is 12.9. The van der Waals surface area contributed by atoms with Crippen molar-refractivity contribution in [1.29, 1.82) is 0 Å². The van der Waals surface area contributed by atoms with E-state index in [0.29, 0.717) is 11.8 Å². The molecular formula is C11H15ClFN. The zero-order valence-corrected chi connectivity index (χ0v) is 9.26. The number of hydrogen-bond donors (Lipinski definition) is 0. The van der Waals surface area contributed by atoms with Crippen LogP contribution < -0.4 is 4.90 Å². The van der Waals surface area contributed by atoms with Crippen molar-refractivity contribution >= 4 is 17.3 Å². The summed E-state index contributed by atoms with van der Waals surface area (Å²) in [6, 6.07) is 6.58. The van der Waals surface area contributed by atoms with Gasteiger partial charge >= 0.3 is 0 Å². The van der Waals surface area contributed by atoms with Crippen LogP contribution >= 0.6 is 11.6 Å². The van der Waals surface area contributed by atoms with Gasteiger partial charge in [0.05, 0.1) is 0 Å². The highest BCUT2D eigenvalue weighted by molar-refractivity contribution is 6.18. The number of halogens is 2. The molecule has 14 heavy (non-hydrogen) atoms. The summed E-state index contributed by atoms with van der Waals surface area (Å²) < 4.78 is 12.9. The topological polar surface area (TPSA) is 3.24 Å². The first-order valence-electron chi connectivity index (χ1n) is 4.66. The Morgan fingerprint density at radius 1 is 1.50 bits per heavy atom. The van der Waals surface area contributed by atoms with E-state index in [1.807, 2.05) is 18.0 Å². The molecule has 0 saturated heterocycles. The zero-order valence-electron chi connectivity index (χ0n) is 8.50. The van der Waals surface area contributed by atoms with Gasteiger partial charge in [-0.15, -0.1) is 11.6 Å². The Labute approximate surface area is 89.5 Å². The smallest absolute Gasteiger partial charge is 0.125 e. The molecule has 1 atom stereocenters. The molecule has 1 aromatic carbocycles. The standard InChI is InChI=1S/C11H15ClFN/c1-9(7-12)8-14(2)11-5-3-4-10(13)6-11/h3-6,9H,7-8H2,1-2H3.